The van der Waals surface area contributed by atoms with Crippen LogP contribution in [0.25, 0.3) is 0 Å². The first-order valence-electron chi connectivity index (χ1n) is 3.66. The van der Waals surface area contributed by atoms with Gasteiger partial charge in [0.25, 0.3) is 0 Å². The van der Waals surface area contributed by atoms with Gasteiger partial charge in [-0.3, -0.25) is 4.79 Å². The van der Waals surface area contributed by atoms with E-state index in [4.69, 9.17) is 5.73 Å². The molecule has 0 saturated carbocycles. The predicted octanol–water partition coefficient (Wildman–Crippen LogP) is 1.54. The fourth-order valence-electron chi connectivity index (χ4n) is 1.05. The van der Waals surface area contributed by atoms with E-state index in [-0.39, 0.29) is 12.0 Å². The average molecular weight is 191 g/mol. The van der Waals surface area contributed by atoms with Gasteiger partial charge in [-0.2, -0.15) is 13.2 Å². The van der Waals surface area contributed by atoms with E-state index in [1.54, 1.807) is 0 Å². The second-order valence-electron chi connectivity index (χ2n) is 2.77. The molecule has 0 aromatic heterocycles. The van der Waals surface area contributed by atoms with Crippen molar-refractivity contribution in [1.82, 2.24) is 0 Å². The van der Waals surface area contributed by atoms with Crippen molar-refractivity contribution in [1.29, 1.82) is 0 Å². The summed E-state index contributed by atoms with van der Waals surface area (Å²) >= 11 is 0. The second kappa shape index (κ2) is 3.24. The number of halogens is 3. The Kier molecular flexibility index (Phi) is 2.45. The highest BCUT2D eigenvalue weighted by Gasteiger charge is 2.37. The first-order valence-corrected chi connectivity index (χ1v) is 3.66. The molecule has 1 amide bonds. The van der Waals surface area contributed by atoms with E-state index in [9.17, 15) is 18.0 Å². The summed E-state index contributed by atoms with van der Waals surface area (Å²) in [6.45, 7) is 0. The van der Waals surface area contributed by atoms with E-state index in [1.165, 1.54) is 6.08 Å². The Labute approximate surface area is 72.9 Å². The average Bonchev–Trinajstić information content (AvgIpc) is 2.03. The molecule has 1 unspecified atom stereocenters. The summed E-state index contributed by atoms with van der Waals surface area (Å²) in [7, 11) is 0. The van der Waals surface area contributed by atoms with Crippen LogP contribution >= 0.6 is 0 Å². The Morgan fingerprint density at radius 3 is 2.46 bits per heavy atom. The number of amides is 1. The van der Waals surface area contributed by atoms with E-state index in [0.717, 1.165) is 12.2 Å². The molecule has 0 aromatic carbocycles. The Hall–Kier alpha value is -1.26. The number of rotatable bonds is 1. The first-order chi connectivity index (χ1) is 5.91. The standard InChI is InChI=1S/C8H8F3NO/c9-8(10,11)6-3-1-5(2-4-6)7(12)13/h1-3,6H,4H2,(H2,12,13). The predicted molar refractivity (Wildman–Crippen MR) is 40.6 cm³/mol. The highest BCUT2D eigenvalue weighted by atomic mass is 19.4. The fraction of sp³-hybridized carbons (Fsp3) is 0.375. The number of carbonyl (C=O) groups is 1. The molecular formula is C8H8F3NO. The lowest BCUT2D eigenvalue weighted by Gasteiger charge is -2.17. The molecule has 0 bridgehead atoms. The maximum Gasteiger partial charge on any atom is 0.395 e. The van der Waals surface area contributed by atoms with Crippen LogP contribution in [0, 0.1) is 5.92 Å². The first kappa shape index (κ1) is 9.83. The van der Waals surface area contributed by atoms with Gasteiger partial charge in [0.05, 0.1) is 5.92 Å². The summed E-state index contributed by atoms with van der Waals surface area (Å²) in [5.41, 5.74) is 5.02. The zero-order chi connectivity index (χ0) is 10.1. The minimum absolute atomic E-state index is 0.139. The number of alkyl halides is 3. The zero-order valence-corrected chi connectivity index (χ0v) is 6.64. The van der Waals surface area contributed by atoms with Gasteiger partial charge in [0.2, 0.25) is 5.91 Å². The quantitative estimate of drug-likeness (QED) is 0.671. The van der Waals surface area contributed by atoms with Crippen LogP contribution in [-0.2, 0) is 4.79 Å². The third kappa shape index (κ3) is 2.34. The Morgan fingerprint density at radius 2 is 2.15 bits per heavy atom. The summed E-state index contributed by atoms with van der Waals surface area (Å²) in [6, 6.07) is 0. The van der Waals surface area contributed by atoms with Gasteiger partial charge in [0, 0.05) is 5.57 Å². The molecule has 0 aliphatic heterocycles. The van der Waals surface area contributed by atoms with Crippen molar-refractivity contribution in [3.05, 3.63) is 23.8 Å². The van der Waals surface area contributed by atoms with E-state index < -0.39 is 18.0 Å². The molecule has 2 nitrogen and oxygen atoms in total. The molecule has 1 atom stereocenters. The molecule has 5 heteroatoms. The van der Waals surface area contributed by atoms with E-state index in [0.29, 0.717) is 0 Å². The summed E-state index contributed by atoms with van der Waals surface area (Å²) in [5, 5.41) is 0. The number of nitrogens with two attached hydrogens (primary N) is 1. The van der Waals surface area contributed by atoms with Crippen LogP contribution in [0.5, 0.6) is 0 Å². The van der Waals surface area contributed by atoms with Crippen LogP contribution in [0.4, 0.5) is 13.2 Å². The highest BCUT2D eigenvalue weighted by molar-refractivity contribution is 5.94. The van der Waals surface area contributed by atoms with Gasteiger partial charge >= 0.3 is 6.18 Å². The molecule has 0 aromatic rings. The Balaban J connectivity index is 2.69. The maximum atomic E-state index is 12.1. The Bertz CT molecular complexity index is 278. The SMILES string of the molecule is NC(=O)C1=CCC(C(F)(F)F)C=C1. The molecule has 13 heavy (non-hydrogen) atoms. The van der Waals surface area contributed by atoms with Crippen molar-refractivity contribution in [3.63, 3.8) is 0 Å². The van der Waals surface area contributed by atoms with Gasteiger partial charge in [0.1, 0.15) is 0 Å². The molecule has 0 radical (unpaired) electrons. The molecule has 1 rings (SSSR count). The molecule has 1 aliphatic carbocycles. The van der Waals surface area contributed by atoms with Crippen molar-refractivity contribution < 1.29 is 18.0 Å². The third-order valence-corrected chi connectivity index (χ3v) is 1.80. The lowest BCUT2D eigenvalue weighted by atomic mass is 9.96. The van der Waals surface area contributed by atoms with Crippen LogP contribution in [0.1, 0.15) is 6.42 Å². The number of allylic oxidation sites excluding steroid dienone is 2. The van der Waals surface area contributed by atoms with Crippen LogP contribution < -0.4 is 5.73 Å². The van der Waals surface area contributed by atoms with Crippen molar-refractivity contribution in [3.8, 4) is 0 Å². The molecule has 0 saturated heterocycles. The van der Waals surface area contributed by atoms with Crippen LogP contribution in [0.2, 0.25) is 0 Å². The van der Waals surface area contributed by atoms with Gasteiger partial charge in [-0.05, 0) is 6.42 Å². The summed E-state index contributed by atoms with van der Waals surface area (Å²) in [5.74, 6) is -2.19. The van der Waals surface area contributed by atoms with E-state index in [2.05, 4.69) is 0 Å². The van der Waals surface area contributed by atoms with Gasteiger partial charge in [-0.1, -0.05) is 18.2 Å². The maximum absolute atomic E-state index is 12.1. The highest BCUT2D eigenvalue weighted by Crippen LogP contribution is 2.32. The van der Waals surface area contributed by atoms with Gasteiger partial charge in [0.15, 0.2) is 0 Å². The van der Waals surface area contributed by atoms with Crippen LogP contribution in [-0.4, -0.2) is 12.1 Å². The fourth-order valence-corrected chi connectivity index (χ4v) is 1.05. The van der Waals surface area contributed by atoms with E-state index >= 15 is 0 Å². The molecule has 0 fully saturated rings. The lowest BCUT2D eigenvalue weighted by Crippen LogP contribution is -2.23. The van der Waals surface area contributed by atoms with Crippen molar-refractivity contribution in [2.45, 2.75) is 12.6 Å². The van der Waals surface area contributed by atoms with Crippen molar-refractivity contribution >= 4 is 5.91 Å². The van der Waals surface area contributed by atoms with Crippen molar-refractivity contribution in [2.75, 3.05) is 0 Å². The molecule has 72 valence electrons. The molecule has 2 N–H and O–H groups in total. The summed E-state index contributed by atoms with van der Waals surface area (Å²) < 4.78 is 36.2. The zero-order valence-electron chi connectivity index (χ0n) is 6.64. The normalized spacial score (nSPS) is 22.7. The summed E-state index contributed by atoms with van der Waals surface area (Å²) in [4.78, 5) is 10.5. The molecule has 1 aliphatic rings. The topological polar surface area (TPSA) is 43.1 Å². The van der Waals surface area contributed by atoms with Crippen molar-refractivity contribution in [2.24, 2.45) is 11.7 Å². The minimum Gasteiger partial charge on any atom is -0.366 e. The lowest BCUT2D eigenvalue weighted by molar-refractivity contribution is -0.160. The largest absolute Gasteiger partial charge is 0.395 e. The monoisotopic (exact) mass is 191 g/mol. The van der Waals surface area contributed by atoms with Gasteiger partial charge in [-0.25, -0.2) is 0 Å². The smallest absolute Gasteiger partial charge is 0.366 e. The Morgan fingerprint density at radius 1 is 1.54 bits per heavy atom. The van der Waals surface area contributed by atoms with Crippen LogP contribution in [0.15, 0.2) is 23.8 Å². The molecular weight excluding hydrogens is 183 g/mol. The second-order valence-corrected chi connectivity index (χ2v) is 2.77. The summed E-state index contributed by atoms with van der Waals surface area (Å²) in [6.07, 6.45) is -1.17. The minimum atomic E-state index is -4.24. The molecule has 0 heterocycles. The number of hydrogen-bond acceptors (Lipinski definition) is 1. The van der Waals surface area contributed by atoms with Gasteiger partial charge in [-0.15, -0.1) is 0 Å². The number of carbonyl (C=O) groups excluding carboxylic acids is 1. The number of hydrogen-bond donors (Lipinski definition) is 1. The molecule has 0 spiro atoms. The number of primary amides is 1. The van der Waals surface area contributed by atoms with Gasteiger partial charge < -0.3 is 5.73 Å². The third-order valence-electron chi connectivity index (χ3n) is 1.80. The van der Waals surface area contributed by atoms with Crippen LogP contribution in [0.3, 0.4) is 0 Å². The van der Waals surface area contributed by atoms with E-state index in [1.807, 2.05) is 0 Å².